The number of carbonyl (C=O) groups is 1. The van der Waals surface area contributed by atoms with Gasteiger partial charge < -0.3 is 9.84 Å². The topological polar surface area (TPSA) is 118 Å². The van der Waals surface area contributed by atoms with E-state index in [9.17, 15) is 9.59 Å². The molecule has 1 aliphatic heterocycles. The molecule has 0 amide bonds. The van der Waals surface area contributed by atoms with Crippen molar-refractivity contribution in [2.75, 3.05) is 25.5 Å². The Morgan fingerprint density at radius 1 is 1.11 bits per heavy atom. The third kappa shape index (κ3) is 5.16. The molecule has 1 aliphatic rings. The number of carboxylic acids is 1. The molecule has 0 unspecified atom stereocenters. The van der Waals surface area contributed by atoms with Crippen LogP contribution in [0.25, 0.3) is 16.8 Å². The van der Waals surface area contributed by atoms with E-state index < -0.39 is 5.97 Å². The van der Waals surface area contributed by atoms with Crippen molar-refractivity contribution in [3.63, 3.8) is 0 Å². The number of hydrogen-bond donors (Lipinski definition) is 2. The van der Waals surface area contributed by atoms with Crippen LogP contribution in [-0.4, -0.2) is 56.0 Å². The first-order valence-electron chi connectivity index (χ1n) is 11.1. The Bertz CT molecular complexity index is 1520. The second kappa shape index (κ2) is 10.2. The molecule has 190 valence electrons. The van der Waals surface area contributed by atoms with Gasteiger partial charge in [0.15, 0.2) is 5.15 Å². The van der Waals surface area contributed by atoms with Crippen LogP contribution in [0.5, 0.6) is 5.75 Å². The van der Waals surface area contributed by atoms with Crippen LogP contribution in [0, 0.1) is 0 Å². The fourth-order valence-electron chi connectivity index (χ4n) is 4.07. The number of pyridine rings is 1. The number of carboxylic acid groups (broad SMARTS) is 1. The number of aromatic nitrogens is 4. The molecule has 3 heterocycles. The van der Waals surface area contributed by atoms with E-state index in [0.29, 0.717) is 47.6 Å². The Labute approximate surface area is 221 Å². The number of ether oxygens (including phenoxy) is 1. The van der Waals surface area contributed by atoms with Crippen LogP contribution in [0.1, 0.15) is 10.4 Å². The van der Waals surface area contributed by atoms with Gasteiger partial charge in [-0.05, 0) is 42.5 Å². The van der Waals surface area contributed by atoms with E-state index in [1.165, 1.54) is 17.9 Å². The van der Waals surface area contributed by atoms with Crippen molar-refractivity contribution in [3.8, 4) is 22.6 Å². The van der Waals surface area contributed by atoms with Gasteiger partial charge in [-0.3, -0.25) is 19.3 Å². The van der Waals surface area contributed by atoms with Crippen molar-refractivity contribution in [3.05, 3.63) is 87.0 Å². The maximum atomic E-state index is 13.2. The minimum Gasteiger partial charge on any atom is -0.495 e. The molecule has 0 aliphatic carbocycles. The molecule has 1 fully saturated rings. The molecule has 5 rings (SSSR count). The first kappa shape index (κ1) is 24.8. The third-order valence-corrected chi connectivity index (χ3v) is 6.28. The van der Waals surface area contributed by atoms with Crippen LogP contribution >= 0.6 is 23.2 Å². The maximum Gasteiger partial charge on any atom is 0.335 e. The van der Waals surface area contributed by atoms with Gasteiger partial charge in [0.25, 0.3) is 5.56 Å². The van der Waals surface area contributed by atoms with Crippen LogP contribution in [0.3, 0.4) is 0 Å². The monoisotopic (exact) mass is 541 g/mol. The van der Waals surface area contributed by atoms with Crippen LogP contribution in [-0.2, 0) is 6.67 Å². The van der Waals surface area contributed by atoms with E-state index in [0.717, 1.165) is 5.69 Å². The van der Waals surface area contributed by atoms with Gasteiger partial charge in [-0.2, -0.15) is 0 Å². The largest absolute Gasteiger partial charge is 0.495 e. The van der Waals surface area contributed by atoms with Gasteiger partial charge in [0.2, 0.25) is 0 Å². The molecule has 1 saturated heterocycles. The molecule has 2 aromatic carbocycles. The summed E-state index contributed by atoms with van der Waals surface area (Å²) in [6, 6.07) is 13.3. The summed E-state index contributed by atoms with van der Waals surface area (Å²) in [4.78, 5) is 26.3. The zero-order valence-electron chi connectivity index (χ0n) is 19.5. The second-order valence-corrected chi connectivity index (χ2v) is 9.08. The SMILES string of the molecule is COc1cn(CN2CNN(c3ccc(C(=O)O)cc3)C2)c(=O)cc1-c1cc(Cl)ccc1-n1cc(Cl)nn1. The van der Waals surface area contributed by atoms with E-state index in [1.807, 2.05) is 9.91 Å². The maximum absolute atomic E-state index is 13.2. The van der Waals surface area contributed by atoms with Crippen molar-refractivity contribution in [1.29, 1.82) is 0 Å². The van der Waals surface area contributed by atoms with Crippen LogP contribution in [0.4, 0.5) is 5.69 Å². The number of benzene rings is 2. The number of hydrazine groups is 1. The summed E-state index contributed by atoms with van der Waals surface area (Å²) in [5.74, 6) is -0.503. The van der Waals surface area contributed by atoms with Crippen LogP contribution in [0.15, 0.2) is 65.7 Å². The average Bonchev–Trinajstić information content (AvgIpc) is 3.54. The number of hydrogen-bond acceptors (Lipinski definition) is 8. The molecule has 0 atom stereocenters. The Kier molecular flexibility index (Phi) is 6.85. The van der Waals surface area contributed by atoms with Gasteiger partial charge in [0, 0.05) is 22.2 Å². The predicted molar refractivity (Wildman–Crippen MR) is 138 cm³/mol. The van der Waals surface area contributed by atoms with Gasteiger partial charge in [-0.25, -0.2) is 14.9 Å². The standard InChI is InChI=1S/C24H21Cl2N7O4/c1-37-21-10-31(13-30-12-27-33(14-30)17-5-2-15(3-6-17)24(35)36)23(34)9-19(21)18-8-16(25)4-7-20(18)32-11-22(26)28-29-32/h2-11,27H,12-14H2,1H3,(H,35,36). The summed E-state index contributed by atoms with van der Waals surface area (Å²) >= 11 is 12.2. The average molecular weight is 542 g/mol. The van der Waals surface area contributed by atoms with Gasteiger partial charge >= 0.3 is 5.97 Å². The molecule has 13 heteroatoms. The summed E-state index contributed by atoms with van der Waals surface area (Å²) in [5, 5.41) is 19.5. The number of halogens is 2. The molecular formula is C24H21Cl2N7O4. The van der Waals surface area contributed by atoms with E-state index in [-0.39, 0.29) is 16.3 Å². The van der Waals surface area contributed by atoms with E-state index in [1.54, 1.807) is 59.4 Å². The van der Waals surface area contributed by atoms with E-state index in [4.69, 9.17) is 33.0 Å². The normalized spacial score (nSPS) is 13.8. The Morgan fingerprint density at radius 2 is 1.89 bits per heavy atom. The highest BCUT2D eigenvalue weighted by Gasteiger charge is 2.22. The molecule has 0 bridgehead atoms. The molecule has 2 N–H and O–H groups in total. The zero-order chi connectivity index (χ0) is 26.1. The van der Waals surface area contributed by atoms with Crippen molar-refractivity contribution in [2.45, 2.75) is 6.67 Å². The van der Waals surface area contributed by atoms with E-state index >= 15 is 0 Å². The number of nitrogens with zero attached hydrogens (tertiary/aromatic N) is 6. The van der Waals surface area contributed by atoms with Gasteiger partial charge in [-0.1, -0.05) is 28.4 Å². The number of rotatable bonds is 7. The summed E-state index contributed by atoms with van der Waals surface area (Å²) in [5.41, 5.74) is 5.85. The number of nitrogens with one attached hydrogen (secondary N) is 1. The Balaban J connectivity index is 1.40. The second-order valence-electron chi connectivity index (χ2n) is 8.26. The van der Waals surface area contributed by atoms with Gasteiger partial charge in [0.1, 0.15) is 5.75 Å². The summed E-state index contributed by atoms with van der Waals surface area (Å²) < 4.78 is 8.71. The molecule has 11 nitrogen and oxygen atoms in total. The van der Waals surface area contributed by atoms with Crippen LogP contribution < -0.4 is 20.7 Å². The Hall–Kier alpha value is -3.90. The number of aromatic carboxylic acids is 1. The lowest BCUT2D eigenvalue weighted by atomic mass is 10.0. The fraction of sp³-hybridized carbons (Fsp3) is 0.167. The molecule has 37 heavy (non-hydrogen) atoms. The number of methoxy groups -OCH3 is 1. The molecule has 2 aromatic heterocycles. The molecular weight excluding hydrogens is 521 g/mol. The molecule has 0 radical (unpaired) electrons. The van der Waals surface area contributed by atoms with Gasteiger partial charge in [0.05, 0.1) is 56.4 Å². The zero-order valence-corrected chi connectivity index (χ0v) is 21.0. The minimum absolute atomic E-state index is 0.216. The highest BCUT2D eigenvalue weighted by Crippen LogP contribution is 2.35. The van der Waals surface area contributed by atoms with Crippen LogP contribution in [0.2, 0.25) is 10.2 Å². The first-order valence-corrected chi connectivity index (χ1v) is 11.8. The molecule has 0 spiro atoms. The van der Waals surface area contributed by atoms with Gasteiger partial charge in [-0.15, -0.1) is 5.10 Å². The number of anilines is 1. The van der Waals surface area contributed by atoms with Crippen molar-refractivity contribution >= 4 is 34.9 Å². The summed E-state index contributed by atoms with van der Waals surface area (Å²) in [6.45, 7) is 1.27. The fourth-order valence-corrected chi connectivity index (χ4v) is 4.37. The lowest BCUT2D eigenvalue weighted by Gasteiger charge is -2.20. The minimum atomic E-state index is -0.977. The molecule has 4 aromatic rings. The van der Waals surface area contributed by atoms with Crippen molar-refractivity contribution < 1.29 is 14.6 Å². The summed E-state index contributed by atoms with van der Waals surface area (Å²) in [6.07, 6.45) is 3.21. The third-order valence-electron chi connectivity index (χ3n) is 5.88. The smallest absolute Gasteiger partial charge is 0.335 e. The predicted octanol–water partition coefficient (Wildman–Crippen LogP) is 3.31. The first-order chi connectivity index (χ1) is 17.8. The molecule has 0 saturated carbocycles. The highest BCUT2D eigenvalue weighted by atomic mass is 35.5. The van der Waals surface area contributed by atoms with Crippen molar-refractivity contribution in [2.24, 2.45) is 0 Å². The van der Waals surface area contributed by atoms with E-state index in [2.05, 4.69) is 15.7 Å². The quantitative estimate of drug-likeness (QED) is 0.363. The summed E-state index contributed by atoms with van der Waals surface area (Å²) in [7, 11) is 1.53. The lowest BCUT2D eigenvalue weighted by molar-refractivity contribution is 0.0697. The highest BCUT2D eigenvalue weighted by molar-refractivity contribution is 6.31. The Morgan fingerprint density at radius 3 is 2.57 bits per heavy atom. The lowest BCUT2D eigenvalue weighted by Crippen LogP contribution is -2.32. The van der Waals surface area contributed by atoms with Crippen molar-refractivity contribution in [1.82, 2.24) is 29.9 Å².